The minimum absolute atomic E-state index is 0.619. The lowest BCUT2D eigenvalue weighted by Gasteiger charge is -2.27. The molecule has 1 N–H and O–H groups in total. The van der Waals surface area contributed by atoms with Crippen molar-refractivity contribution in [3.8, 4) is 11.4 Å². The second kappa shape index (κ2) is 7.59. The topological polar surface area (TPSA) is 66.9 Å². The van der Waals surface area contributed by atoms with Gasteiger partial charge in [0, 0.05) is 19.3 Å². The van der Waals surface area contributed by atoms with Crippen LogP contribution >= 0.6 is 11.6 Å². The number of nitrogens with zero attached hydrogens (tertiary/aromatic N) is 4. The van der Waals surface area contributed by atoms with Crippen LogP contribution in [0.5, 0.6) is 0 Å². The molecule has 0 saturated carbocycles. The molecule has 4 rings (SSSR count). The first-order chi connectivity index (χ1) is 11.8. The van der Waals surface area contributed by atoms with Crippen molar-refractivity contribution in [3.05, 3.63) is 35.7 Å². The van der Waals surface area contributed by atoms with Crippen LogP contribution < -0.4 is 4.90 Å². The monoisotopic (exact) mass is 345 g/mol. The number of nitrogens with one attached hydrogen (secondary N) is 1. The summed E-state index contributed by atoms with van der Waals surface area (Å²) in [4.78, 5) is 18.6. The number of hydrogen-bond acceptors (Lipinski definition) is 5. The summed E-state index contributed by atoms with van der Waals surface area (Å²) < 4.78 is 5.40. The number of rotatable bonds is 2. The van der Waals surface area contributed by atoms with Crippen LogP contribution in [0.25, 0.3) is 22.4 Å². The fourth-order valence-electron chi connectivity index (χ4n) is 2.63. The number of morpholine rings is 1. The third kappa shape index (κ3) is 3.34. The van der Waals surface area contributed by atoms with Gasteiger partial charge in [-0.05, 0) is 18.2 Å². The van der Waals surface area contributed by atoms with Crippen LogP contribution in [0.1, 0.15) is 13.8 Å². The van der Waals surface area contributed by atoms with Crippen molar-refractivity contribution >= 4 is 28.5 Å². The van der Waals surface area contributed by atoms with Gasteiger partial charge in [-0.2, -0.15) is 0 Å². The molecule has 0 spiro atoms. The Kier molecular flexibility index (Phi) is 5.27. The summed E-state index contributed by atoms with van der Waals surface area (Å²) in [6, 6.07) is 5.75. The van der Waals surface area contributed by atoms with E-state index < -0.39 is 0 Å². The zero-order chi connectivity index (χ0) is 16.9. The first-order valence-corrected chi connectivity index (χ1v) is 8.47. The number of aromatic amines is 1. The molecule has 1 aliphatic rings. The van der Waals surface area contributed by atoms with Crippen LogP contribution in [0.3, 0.4) is 0 Å². The van der Waals surface area contributed by atoms with E-state index in [1.165, 1.54) is 0 Å². The van der Waals surface area contributed by atoms with Gasteiger partial charge in [0.25, 0.3) is 0 Å². The summed E-state index contributed by atoms with van der Waals surface area (Å²) >= 11 is 5.89. The van der Waals surface area contributed by atoms with E-state index in [9.17, 15) is 0 Å². The lowest BCUT2D eigenvalue weighted by Crippen LogP contribution is -2.36. The second-order valence-electron chi connectivity index (χ2n) is 5.10. The third-order valence-electron chi connectivity index (χ3n) is 3.72. The van der Waals surface area contributed by atoms with Gasteiger partial charge < -0.3 is 14.6 Å². The molecule has 0 radical (unpaired) electrons. The third-order valence-corrected chi connectivity index (χ3v) is 3.94. The molecule has 24 heavy (non-hydrogen) atoms. The van der Waals surface area contributed by atoms with E-state index in [0.29, 0.717) is 5.02 Å². The average Bonchev–Trinajstić information content (AvgIpc) is 3.09. The van der Waals surface area contributed by atoms with Gasteiger partial charge in [-0.1, -0.05) is 25.4 Å². The molecule has 0 atom stereocenters. The molecule has 4 heterocycles. The highest BCUT2D eigenvalue weighted by atomic mass is 35.5. The Morgan fingerprint density at radius 2 is 1.92 bits per heavy atom. The van der Waals surface area contributed by atoms with Gasteiger partial charge in [0.2, 0.25) is 0 Å². The largest absolute Gasteiger partial charge is 0.378 e. The fourth-order valence-corrected chi connectivity index (χ4v) is 2.74. The Balaban J connectivity index is 0.000000815. The summed E-state index contributed by atoms with van der Waals surface area (Å²) in [6.45, 7) is 7.13. The minimum atomic E-state index is 0.619. The van der Waals surface area contributed by atoms with Gasteiger partial charge >= 0.3 is 0 Å². The minimum Gasteiger partial charge on any atom is -0.378 e. The fraction of sp³-hybridized carbons (Fsp3) is 0.353. The molecule has 0 aliphatic carbocycles. The van der Waals surface area contributed by atoms with Gasteiger partial charge in [0.15, 0.2) is 0 Å². The number of ether oxygens (including phenoxy) is 1. The highest BCUT2D eigenvalue weighted by Gasteiger charge is 2.17. The predicted octanol–water partition coefficient (Wildman–Crippen LogP) is 3.54. The number of halogens is 1. The van der Waals surface area contributed by atoms with Crippen LogP contribution in [0.15, 0.2) is 30.7 Å². The lowest BCUT2D eigenvalue weighted by atomic mass is 10.2. The van der Waals surface area contributed by atoms with Crippen LogP contribution in [0, 0.1) is 0 Å². The van der Waals surface area contributed by atoms with Crippen molar-refractivity contribution in [1.29, 1.82) is 0 Å². The molecular formula is C17H20ClN5O. The SMILES string of the molecule is CC.Clc1ccc(-c2cc3c(N4CCOCC4)ncnc3[nH]2)nc1. The molecule has 0 amide bonds. The van der Waals surface area contributed by atoms with E-state index in [4.69, 9.17) is 16.3 Å². The molecule has 7 heteroatoms. The molecule has 0 unspecified atom stereocenters. The van der Waals surface area contributed by atoms with E-state index in [-0.39, 0.29) is 0 Å². The first-order valence-electron chi connectivity index (χ1n) is 8.09. The number of pyridine rings is 1. The normalized spacial score (nSPS) is 14.4. The van der Waals surface area contributed by atoms with Gasteiger partial charge in [-0.15, -0.1) is 0 Å². The number of fused-ring (bicyclic) bond motifs is 1. The predicted molar refractivity (Wildman–Crippen MR) is 96.5 cm³/mol. The maximum absolute atomic E-state index is 5.89. The van der Waals surface area contributed by atoms with E-state index in [1.54, 1.807) is 12.5 Å². The lowest BCUT2D eigenvalue weighted by molar-refractivity contribution is 0.122. The molecule has 126 valence electrons. The molecule has 3 aromatic rings. The summed E-state index contributed by atoms with van der Waals surface area (Å²) in [5, 5.41) is 1.62. The van der Waals surface area contributed by atoms with Crippen molar-refractivity contribution in [2.45, 2.75) is 13.8 Å². The summed E-state index contributed by atoms with van der Waals surface area (Å²) in [7, 11) is 0. The van der Waals surface area contributed by atoms with Crippen LogP contribution in [-0.2, 0) is 4.74 Å². The van der Waals surface area contributed by atoms with Crippen LogP contribution in [-0.4, -0.2) is 46.2 Å². The van der Waals surface area contributed by atoms with Crippen molar-refractivity contribution in [3.63, 3.8) is 0 Å². The quantitative estimate of drug-likeness (QED) is 0.769. The summed E-state index contributed by atoms with van der Waals surface area (Å²) in [6.07, 6.45) is 3.22. The van der Waals surface area contributed by atoms with E-state index in [2.05, 4.69) is 24.8 Å². The molecule has 0 aromatic carbocycles. The number of anilines is 1. The Hall–Kier alpha value is -2.18. The highest BCUT2D eigenvalue weighted by molar-refractivity contribution is 6.30. The van der Waals surface area contributed by atoms with Crippen molar-refractivity contribution < 1.29 is 4.74 Å². The van der Waals surface area contributed by atoms with E-state index >= 15 is 0 Å². The number of H-pyrrole nitrogens is 1. The molecule has 1 saturated heterocycles. The zero-order valence-electron chi connectivity index (χ0n) is 13.8. The Bertz CT molecular complexity index is 796. The smallest absolute Gasteiger partial charge is 0.143 e. The highest BCUT2D eigenvalue weighted by Crippen LogP contribution is 2.28. The maximum atomic E-state index is 5.89. The average molecular weight is 346 g/mol. The molecule has 6 nitrogen and oxygen atoms in total. The molecular weight excluding hydrogens is 326 g/mol. The maximum Gasteiger partial charge on any atom is 0.143 e. The van der Waals surface area contributed by atoms with Crippen LogP contribution in [0.2, 0.25) is 5.02 Å². The number of aromatic nitrogens is 4. The standard InChI is InChI=1S/C15H14ClN5O.C2H6/c16-10-1-2-12(17-8-10)13-7-11-14(20-13)18-9-19-15(11)21-3-5-22-6-4-21;1-2/h1-2,7-9H,3-6H2,(H,18,19,20);1-2H3. The van der Waals surface area contributed by atoms with Gasteiger partial charge in [0.05, 0.1) is 35.0 Å². The Morgan fingerprint density at radius 3 is 2.62 bits per heavy atom. The van der Waals surface area contributed by atoms with Gasteiger partial charge in [-0.3, -0.25) is 4.98 Å². The van der Waals surface area contributed by atoms with Gasteiger partial charge in [0.1, 0.15) is 17.8 Å². The Labute approximate surface area is 145 Å². The first kappa shape index (κ1) is 16.7. The number of hydrogen-bond donors (Lipinski definition) is 1. The zero-order valence-corrected chi connectivity index (χ0v) is 14.5. The van der Waals surface area contributed by atoms with Crippen molar-refractivity contribution in [2.24, 2.45) is 0 Å². The van der Waals surface area contributed by atoms with Crippen LogP contribution in [0.4, 0.5) is 5.82 Å². The molecule has 0 bridgehead atoms. The molecule has 1 aliphatic heterocycles. The van der Waals surface area contributed by atoms with E-state index in [0.717, 1.165) is 54.5 Å². The summed E-state index contributed by atoms with van der Waals surface area (Å²) in [5.41, 5.74) is 2.54. The van der Waals surface area contributed by atoms with E-state index in [1.807, 2.05) is 32.0 Å². The van der Waals surface area contributed by atoms with Crippen molar-refractivity contribution in [1.82, 2.24) is 19.9 Å². The summed E-state index contributed by atoms with van der Waals surface area (Å²) in [5.74, 6) is 0.935. The van der Waals surface area contributed by atoms with Gasteiger partial charge in [-0.25, -0.2) is 9.97 Å². The van der Waals surface area contributed by atoms with Crippen molar-refractivity contribution in [2.75, 3.05) is 31.2 Å². The Morgan fingerprint density at radius 1 is 1.12 bits per heavy atom. The second-order valence-corrected chi connectivity index (χ2v) is 5.54. The molecule has 3 aromatic heterocycles. The molecule has 1 fully saturated rings.